The molecule has 2 saturated heterocycles. The quantitative estimate of drug-likeness (QED) is 0.283. The summed E-state index contributed by atoms with van der Waals surface area (Å²) in [5, 5.41) is 2.39. The molecule has 220 valence electrons. The lowest BCUT2D eigenvalue weighted by molar-refractivity contribution is -0.239. The summed E-state index contributed by atoms with van der Waals surface area (Å²) in [5.41, 5.74) is 0.654. The lowest BCUT2D eigenvalue weighted by Gasteiger charge is -2.48. The zero-order chi connectivity index (χ0) is 29.1. The SMILES string of the molecule is CC1(C)OC[C@H]([C@]2(C)CC[C@H](OCc3ccccc3)[C@@H](CO[Si](c3ccccc3)(c3ccccc3)C(C)(C)C)O2)O1. The second-order valence-electron chi connectivity index (χ2n) is 13.1. The lowest BCUT2D eigenvalue weighted by atomic mass is 9.87. The largest absolute Gasteiger partial charge is 0.405 e. The smallest absolute Gasteiger partial charge is 0.261 e. The van der Waals surface area contributed by atoms with E-state index in [0.717, 1.165) is 18.4 Å². The zero-order valence-corrected chi connectivity index (χ0v) is 26.5. The highest BCUT2D eigenvalue weighted by molar-refractivity contribution is 6.99. The van der Waals surface area contributed by atoms with Gasteiger partial charge in [-0.1, -0.05) is 112 Å². The molecule has 2 fully saturated rings. The maximum Gasteiger partial charge on any atom is 0.261 e. The number of hydrogen-bond donors (Lipinski definition) is 0. The molecule has 0 unspecified atom stereocenters. The summed E-state index contributed by atoms with van der Waals surface area (Å²) in [6, 6.07) is 31.9. The highest BCUT2D eigenvalue weighted by Gasteiger charge is 2.53. The van der Waals surface area contributed by atoms with Crippen molar-refractivity contribution in [2.24, 2.45) is 0 Å². The van der Waals surface area contributed by atoms with Gasteiger partial charge in [-0.15, -0.1) is 0 Å². The standard InChI is InChI=1S/C35H46O5Si/c1-33(2,3)41(28-18-12-8-13-19-28,29-20-14-9-15-21-29)38-25-31-30(36-24-27-16-10-7-11-17-27)22-23-35(6,39-31)32-26-37-34(4,5)40-32/h7-21,30-32H,22-26H2,1-6H3/t30-,31+,32+,35-/m0/s1. The summed E-state index contributed by atoms with van der Waals surface area (Å²) in [5.74, 6) is -0.612. The normalized spacial score (nSPS) is 26.6. The topological polar surface area (TPSA) is 46.2 Å². The predicted octanol–water partition coefficient (Wildman–Crippen LogP) is 6.24. The summed E-state index contributed by atoms with van der Waals surface area (Å²) < 4.78 is 33.2. The third kappa shape index (κ3) is 6.53. The fourth-order valence-corrected chi connectivity index (χ4v) is 11.0. The van der Waals surface area contributed by atoms with Crippen molar-refractivity contribution in [1.82, 2.24) is 0 Å². The van der Waals surface area contributed by atoms with Crippen LogP contribution in [0.5, 0.6) is 0 Å². The molecule has 2 aliphatic heterocycles. The highest BCUT2D eigenvalue weighted by Crippen LogP contribution is 2.41. The van der Waals surface area contributed by atoms with E-state index in [1.807, 2.05) is 19.9 Å². The molecule has 0 radical (unpaired) electrons. The first-order chi connectivity index (χ1) is 19.5. The third-order valence-corrected chi connectivity index (χ3v) is 13.6. The number of benzene rings is 3. The van der Waals surface area contributed by atoms with E-state index < -0.39 is 19.7 Å². The molecule has 0 saturated carbocycles. The van der Waals surface area contributed by atoms with E-state index in [1.165, 1.54) is 10.4 Å². The van der Waals surface area contributed by atoms with E-state index in [9.17, 15) is 0 Å². The van der Waals surface area contributed by atoms with Gasteiger partial charge in [0.05, 0.1) is 31.5 Å². The summed E-state index contributed by atoms with van der Waals surface area (Å²) in [6.07, 6.45) is 1.18. The third-order valence-electron chi connectivity index (χ3n) is 8.64. The molecule has 5 nitrogen and oxygen atoms in total. The van der Waals surface area contributed by atoms with Gasteiger partial charge >= 0.3 is 0 Å². The molecule has 6 heteroatoms. The first-order valence-electron chi connectivity index (χ1n) is 14.9. The molecule has 3 aromatic rings. The molecule has 2 heterocycles. The Bertz CT molecular complexity index is 1200. The van der Waals surface area contributed by atoms with Gasteiger partial charge in [-0.3, -0.25) is 0 Å². The Hall–Kier alpha value is -2.32. The average molecular weight is 575 g/mol. The van der Waals surface area contributed by atoms with Crippen LogP contribution in [0.1, 0.15) is 59.9 Å². The molecule has 41 heavy (non-hydrogen) atoms. The zero-order valence-electron chi connectivity index (χ0n) is 25.5. The molecule has 0 aliphatic carbocycles. The molecular weight excluding hydrogens is 528 g/mol. The van der Waals surface area contributed by atoms with Crippen LogP contribution < -0.4 is 10.4 Å². The molecule has 0 aromatic heterocycles. The minimum Gasteiger partial charge on any atom is -0.405 e. The van der Waals surface area contributed by atoms with Crippen LogP contribution in [-0.4, -0.2) is 51.2 Å². The number of rotatable bonds is 9. The van der Waals surface area contributed by atoms with Gasteiger partial charge in [0, 0.05) is 0 Å². The van der Waals surface area contributed by atoms with Gasteiger partial charge in [-0.05, 0) is 54.6 Å². The summed E-state index contributed by atoms with van der Waals surface area (Å²) in [4.78, 5) is 0. The monoisotopic (exact) mass is 574 g/mol. The number of hydrogen-bond acceptors (Lipinski definition) is 5. The first kappa shape index (κ1) is 30.1. The fraction of sp³-hybridized carbons (Fsp3) is 0.486. The molecule has 4 atom stereocenters. The van der Waals surface area contributed by atoms with Crippen molar-refractivity contribution in [3.05, 3.63) is 96.6 Å². The van der Waals surface area contributed by atoms with E-state index >= 15 is 0 Å². The van der Waals surface area contributed by atoms with Gasteiger partial charge in [0.25, 0.3) is 8.32 Å². The van der Waals surface area contributed by atoms with Crippen LogP contribution in [0.3, 0.4) is 0 Å². The van der Waals surface area contributed by atoms with Crippen LogP contribution in [0, 0.1) is 0 Å². The lowest BCUT2D eigenvalue weighted by Crippen LogP contribution is -2.67. The van der Waals surface area contributed by atoms with Crippen LogP contribution in [0.25, 0.3) is 0 Å². The minimum atomic E-state index is -2.74. The van der Waals surface area contributed by atoms with Gasteiger partial charge in [-0.25, -0.2) is 0 Å². The van der Waals surface area contributed by atoms with E-state index in [0.29, 0.717) is 19.8 Å². The summed E-state index contributed by atoms with van der Waals surface area (Å²) >= 11 is 0. The maximum atomic E-state index is 7.35. The fourth-order valence-electron chi connectivity index (χ4n) is 6.40. The van der Waals surface area contributed by atoms with Crippen molar-refractivity contribution in [3.63, 3.8) is 0 Å². The summed E-state index contributed by atoms with van der Waals surface area (Å²) in [7, 11) is -2.74. The van der Waals surface area contributed by atoms with Crippen molar-refractivity contribution in [3.8, 4) is 0 Å². The molecule has 5 rings (SSSR count). The molecule has 0 bridgehead atoms. The predicted molar refractivity (Wildman–Crippen MR) is 166 cm³/mol. The van der Waals surface area contributed by atoms with Crippen LogP contribution in [0.15, 0.2) is 91.0 Å². The van der Waals surface area contributed by atoms with Crippen LogP contribution in [0.2, 0.25) is 5.04 Å². The van der Waals surface area contributed by atoms with Crippen molar-refractivity contribution in [1.29, 1.82) is 0 Å². The molecule has 3 aromatic carbocycles. The van der Waals surface area contributed by atoms with Crippen molar-refractivity contribution in [2.75, 3.05) is 13.2 Å². The van der Waals surface area contributed by atoms with E-state index in [1.54, 1.807) is 0 Å². The molecule has 0 spiro atoms. The Kier molecular flexibility index (Phi) is 8.91. The molecule has 0 amide bonds. The van der Waals surface area contributed by atoms with E-state index in [4.69, 9.17) is 23.4 Å². The van der Waals surface area contributed by atoms with Gasteiger partial charge < -0.3 is 23.4 Å². The van der Waals surface area contributed by atoms with E-state index in [-0.39, 0.29) is 23.4 Å². The summed E-state index contributed by atoms with van der Waals surface area (Å²) in [6.45, 7) is 14.5. The molecule has 0 N–H and O–H groups in total. The van der Waals surface area contributed by atoms with Crippen LogP contribution >= 0.6 is 0 Å². The first-order valence-corrected chi connectivity index (χ1v) is 16.8. The number of ether oxygens (including phenoxy) is 4. The second kappa shape index (κ2) is 12.1. The van der Waals surface area contributed by atoms with Crippen molar-refractivity contribution in [2.45, 2.75) is 95.7 Å². The van der Waals surface area contributed by atoms with Gasteiger partial charge in [-0.2, -0.15) is 0 Å². The highest BCUT2D eigenvalue weighted by atomic mass is 28.4. The van der Waals surface area contributed by atoms with Crippen LogP contribution in [-0.2, 0) is 30.0 Å². The van der Waals surface area contributed by atoms with Crippen LogP contribution in [0.4, 0.5) is 0 Å². The average Bonchev–Trinajstić information content (AvgIpc) is 3.34. The van der Waals surface area contributed by atoms with Gasteiger partial charge in [0.2, 0.25) is 0 Å². The Morgan fingerprint density at radius 1 is 0.805 bits per heavy atom. The van der Waals surface area contributed by atoms with Gasteiger partial charge in [0.1, 0.15) is 12.2 Å². The van der Waals surface area contributed by atoms with E-state index in [2.05, 4.69) is 113 Å². The van der Waals surface area contributed by atoms with Gasteiger partial charge in [0.15, 0.2) is 5.79 Å². The molecule has 2 aliphatic rings. The Labute approximate surface area is 247 Å². The Balaban J connectivity index is 1.46. The maximum absolute atomic E-state index is 7.35. The molecular formula is C35H46O5Si. The Morgan fingerprint density at radius 2 is 1.37 bits per heavy atom. The van der Waals surface area contributed by atoms with Crippen molar-refractivity contribution >= 4 is 18.7 Å². The van der Waals surface area contributed by atoms with Crippen molar-refractivity contribution < 1.29 is 23.4 Å². The minimum absolute atomic E-state index is 0.100. The second-order valence-corrected chi connectivity index (χ2v) is 17.4. The Morgan fingerprint density at radius 3 is 1.88 bits per heavy atom.